The van der Waals surface area contributed by atoms with Crippen LogP contribution in [0.5, 0.6) is 0 Å². The number of morpholine rings is 1. The Morgan fingerprint density at radius 2 is 1.86 bits per heavy atom. The summed E-state index contributed by atoms with van der Waals surface area (Å²) in [5.41, 5.74) is 1.69. The molecule has 0 radical (unpaired) electrons. The van der Waals surface area contributed by atoms with Crippen LogP contribution in [0.3, 0.4) is 0 Å². The molecule has 2 saturated heterocycles. The highest BCUT2D eigenvalue weighted by Crippen LogP contribution is 2.19. The van der Waals surface area contributed by atoms with Gasteiger partial charge in [-0.05, 0) is 44.9 Å². The Balaban J connectivity index is 1.59. The second kappa shape index (κ2) is 9.84. The number of rotatable bonds is 6. The first-order chi connectivity index (χ1) is 13.9. The number of hydrogen-bond donors (Lipinski definition) is 1. The van der Waals surface area contributed by atoms with Crippen LogP contribution >= 0.6 is 0 Å². The maximum absolute atomic E-state index is 12.8. The molecule has 29 heavy (non-hydrogen) atoms. The predicted octanol–water partition coefficient (Wildman–Crippen LogP) is 1.87. The van der Waals surface area contributed by atoms with Crippen LogP contribution in [0.25, 0.3) is 0 Å². The van der Waals surface area contributed by atoms with Gasteiger partial charge in [0.2, 0.25) is 10.0 Å². The number of carbonyl (C=O) groups is 1. The van der Waals surface area contributed by atoms with Crippen LogP contribution in [0.15, 0.2) is 40.8 Å². The van der Waals surface area contributed by atoms with E-state index in [4.69, 9.17) is 4.74 Å². The number of likely N-dealkylation sites (tertiary alicyclic amines) is 1. The summed E-state index contributed by atoms with van der Waals surface area (Å²) < 4.78 is 32.3. The molecule has 1 amide bonds. The predicted molar refractivity (Wildman–Crippen MR) is 112 cm³/mol. The zero-order valence-electron chi connectivity index (χ0n) is 17.3. The Morgan fingerprint density at radius 3 is 2.52 bits per heavy atom. The van der Waals surface area contributed by atoms with E-state index in [1.165, 1.54) is 15.9 Å². The van der Waals surface area contributed by atoms with Gasteiger partial charge in [0.25, 0.3) is 5.91 Å². The van der Waals surface area contributed by atoms with Gasteiger partial charge in [-0.15, -0.1) is 0 Å². The van der Waals surface area contributed by atoms with Gasteiger partial charge in [0, 0.05) is 44.3 Å². The fourth-order valence-electron chi connectivity index (χ4n) is 3.57. The van der Waals surface area contributed by atoms with Crippen LogP contribution in [-0.2, 0) is 14.8 Å². The standard InChI is InChI=1S/C21H31N3O4S/c1-17(2)6-9-23-10-7-19(8-11-23)22-21(25)18-4-3-5-20(16-18)29(26,27)24-12-14-28-15-13-24/h3-6,16,19H,7-15H2,1-2H3,(H,22,25). The van der Waals surface area contributed by atoms with E-state index in [9.17, 15) is 13.2 Å². The minimum Gasteiger partial charge on any atom is -0.379 e. The number of benzene rings is 1. The Bertz CT molecular complexity index is 835. The first kappa shape index (κ1) is 22.0. The van der Waals surface area contributed by atoms with Crippen molar-refractivity contribution in [2.75, 3.05) is 45.9 Å². The lowest BCUT2D eigenvalue weighted by atomic mass is 10.0. The summed E-state index contributed by atoms with van der Waals surface area (Å²) in [6.45, 7) is 8.50. The highest BCUT2D eigenvalue weighted by atomic mass is 32.2. The first-order valence-corrected chi connectivity index (χ1v) is 11.6. The van der Waals surface area contributed by atoms with Gasteiger partial charge < -0.3 is 10.1 Å². The van der Waals surface area contributed by atoms with Crippen molar-refractivity contribution in [1.82, 2.24) is 14.5 Å². The van der Waals surface area contributed by atoms with Gasteiger partial charge in [-0.3, -0.25) is 9.69 Å². The second-order valence-corrected chi connectivity index (χ2v) is 9.81. The number of carbonyl (C=O) groups excluding carboxylic acids is 1. The molecule has 2 aliphatic rings. The largest absolute Gasteiger partial charge is 0.379 e. The van der Waals surface area contributed by atoms with Crippen molar-refractivity contribution in [2.24, 2.45) is 0 Å². The molecule has 0 saturated carbocycles. The summed E-state index contributed by atoms with van der Waals surface area (Å²) in [6.07, 6.45) is 4.02. The zero-order chi connectivity index (χ0) is 20.9. The number of amides is 1. The highest BCUT2D eigenvalue weighted by molar-refractivity contribution is 7.89. The van der Waals surface area contributed by atoms with Crippen LogP contribution in [0.4, 0.5) is 0 Å². The smallest absolute Gasteiger partial charge is 0.251 e. The Hall–Kier alpha value is -1.74. The molecule has 8 heteroatoms. The Labute approximate surface area is 173 Å². The molecule has 7 nitrogen and oxygen atoms in total. The van der Waals surface area contributed by atoms with E-state index >= 15 is 0 Å². The van der Waals surface area contributed by atoms with Gasteiger partial charge in [0.1, 0.15) is 0 Å². The first-order valence-electron chi connectivity index (χ1n) is 10.2. The molecule has 0 unspecified atom stereocenters. The minimum absolute atomic E-state index is 0.116. The number of sulfonamides is 1. The molecule has 1 N–H and O–H groups in total. The SMILES string of the molecule is CC(C)=CCN1CCC(NC(=O)c2cccc(S(=O)(=O)N3CCOCC3)c2)CC1. The van der Waals surface area contributed by atoms with Gasteiger partial charge in [0.05, 0.1) is 18.1 Å². The normalized spacial score (nSPS) is 19.7. The molecule has 3 rings (SSSR count). The number of nitrogens with one attached hydrogen (secondary N) is 1. The lowest BCUT2D eigenvalue weighted by Crippen LogP contribution is -2.44. The van der Waals surface area contributed by atoms with Crippen LogP contribution < -0.4 is 5.32 Å². The van der Waals surface area contributed by atoms with Crippen molar-refractivity contribution < 1.29 is 17.9 Å². The number of nitrogens with zero attached hydrogens (tertiary/aromatic N) is 2. The molecule has 2 aliphatic heterocycles. The number of hydrogen-bond acceptors (Lipinski definition) is 5. The van der Waals surface area contributed by atoms with Gasteiger partial charge in [-0.1, -0.05) is 17.7 Å². The summed E-state index contributed by atoms with van der Waals surface area (Å²) >= 11 is 0. The van der Waals surface area contributed by atoms with Gasteiger partial charge in [0.15, 0.2) is 0 Å². The van der Waals surface area contributed by atoms with E-state index in [1.54, 1.807) is 18.2 Å². The lowest BCUT2D eigenvalue weighted by molar-refractivity contribution is 0.0730. The lowest BCUT2D eigenvalue weighted by Gasteiger charge is -2.31. The molecule has 0 spiro atoms. The van der Waals surface area contributed by atoms with Crippen molar-refractivity contribution in [3.63, 3.8) is 0 Å². The van der Waals surface area contributed by atoms with Crippen LogP contribution in [0.1, 0.15) is 37.0 Å². The van der Waals surface area contributed by atoms with Crippen molar-refractivity contribution in [1.29, 1.82) is 0 Å². The van der Waals surface area contributed by atoms with Gasteiger partial charge in [-0.2, -0.15) is 4.31 Å². The van der Waals surface area contributed by atoms with Crippen LogP contribution in [0, 0.1) is 0 Å². The number of allylic oxidation sites excluding steroid dienone is 1. The summed E-state index contributed by atoms with van der Waals surface area (Å²) in [5.74, 6) is -0.216. The third-order valence-electron chi connectivity index (χ3n) is 5.38. The van der Waals surface area contributed by atoms with E-state index in [0.29, 0.717) is 31.9 Å². The van der Waals surface area contributed by atoms with E-state index in [1.807, 2.05) is 0 Å². The van der Waals surface area contributed by atoms with Crippen LogP contribution in [0.2, 0.25) is 0 Å². The van der Waals surface area contributed by atoms with Gasteiger partial charge >= 0.3 is 0 Å². The van der Waals surface area contributed by atoms with Gasteiger partial charge in [-0.25, -0.2) is 8.42 Å². The van der Waals surface area contributed by atoms with E-state index in [2.05, 4.69) is 30.1 Å². The molecule has 0 aromatic heterocycles. The Morgan fingerprint density at radius 1 is 1.17 bits per heavy atom. The molecule has 160 valence electrons. The highest BCUT2D eigenvalue weighted by Gasteiger charge is 2.27. The fourth-order valence-corrected chi connectivity index (χ4v) is 5.03. The fraction of sp³-hybridized carbons (Fsp3) is 0.571. The molecular formula is C21H31N3O4S. The molecule has 0 atom stereocenters. The van der Waals surface area contributed by atoms with E-state index < -0.39 is 10.0 Å². The second-order valence-electron chi connectivity index (χ2n) is 7.87. The van der Waals surface area contributed by atoms with E-state index in [-0.39, 0.29) is 16.8 Å². The summed E-state index contributed by atoms with van der Waals surface area (Å²) in [4.78, 5) is 15.2. The summed E-state index contributed by atoms with van der Waals surface area (Å²) in [5, 5.41) is 3.07. The molecule has 2 heterocycles. The quantitative estimate of drug-likeness (QED) is 0.710. The van der Waals surface area contributed by atoms with Crippen molar-refractivity contribution in [3.8, 4) is 0 Å². The average molecular weight is 422 g/mol. The van der Waals surface area contributed by atoms with Crippen molar-refractivity contribution >= 4 is 15.9 Å². The zero-order valence-corrected chi connectivity index (χ0v) is 18.1. The Kier molecular flexibility index (Phi) is 7.45. The van der Waals surface area contributed by atoms with Crippen molar-refractivity contribution in [2.45, 2.75) is 37.6 Å². The molecule has 0 aliphatic carbocycles. The summed E-state index contributed by atoms with van der Waals surface area (Å²) in [6, 6.07) is 6.43. The molecule has 0 bridgehead atoms. The maximum atomic E-state index is 12.8. The molecule has 1 aromatic rings. The van der Waals surface area contributed by atoms with E-state index in [0.717, 1.165) is 32.5 Å². The molecular weight excluding hydrogens is 390 g/mol. The van der Waals surface area contributed by atoms with Crippen molar-refractivity contribution in [3.05, 3.63) is 41.5 Å². The third kappa shape index (κ3) is 5.88. The topological polar surface area (TPSA) is 79.0 Å². The maximum Gasteiger partial charge on any atom is 0.251 e. The minimum atomic E-state index is -3.61. The summed E-state index contributed by atoms with van der Waals surface area (Å²) in [7, 11) is -3.61. The average Bonchev–Trinajstić information content (AvgIpc) is 2.74. The molecule has 1 aromatic carbocycles. The van der Waals surface area contributed by atoms with Crippen LogP contribution in [-0.4, -0.2) is 75.5 Å². The number of piperidine rings is 1. The third-order valence-corrected chi connectivity index (χ3v) is 7.28. The number of ether oxygens (including phenoxy) is 1. The monoisotopic (exact) mass is 421 g/mol. The molecule has 2 fully saturated rings.